The van der Waals surface area contributed by atoms with Gasteiger partial charge in [0.05, 0.1) is 32.6 Å². The molecule has 0 saturated heterocycles. The van der Waals surface area contributed by atoms with E-state index in [9.17, 15) is 9.59 Å². The number of amides is 2. The Kier molecular flexibility index (Phi) is 9.35. The summed E-state index contributed by atoms with van der Waals surface area (Å²) in [5, 5.41) is 0. The normalized spacial score (nSPS) is 11.5. The van der Waals surface area contributed by atoms with Crippen molar-refractivity contribution in [1.82, 2.24) is 9.80 Å². The molecule has 0 bridgehead atoms. The van der Waals surface area contributed by atoms with Crippen LogP contribution in [0.25, 0.3) is 0 Å². The van der Waals surface area contributed by atoms with E-state index in [0.29, 0.717) is 48.8 Å². The Morgan fingerprint density at radius 3 is 2.40 bits per heavy atom. The number of benzene rings is 2. The van der Waals surface area contributed by atoms with Crippen LogP contribution in [0.2, 0.25) is 0 Å². The van der Waals surface area contributed by atoms with Crippen LogP contribution >= 0.6 is 0 Å². The fourth-order valence-corrected chi connectivity index (χ4v) is 3.82. The molecule has 7 nitrogen and oxygen atoms in total. The van der Waals surface area contributed by atoms with Crippen molar-refractivity contribution in [2.24, 2.45) is 0 Å². The number of ether oxygens (including phenoxy) is 2. The number of carbonyl (C=O) groups is 2. The third-order valence-electron chi connectivity index (χ3n) is 6.12. The molecule has 0 radical (unpaired) electrons. The standard InChI is InChI=1S/C28H34N2O5/c1-5-21(2)30(28(32)25-14-13-23(33-3)18-26(25)34-4)20-27(31)29(19-24-12-9-17-35-24)16-15-22-10-7-6-8-11-22/h6-14,17-18,21H,5,15-16,19-20H2,1-4H3. The zero-order valence-corrected chi connectivity index (χ0v) is 20.9. The van der Waals surface area contributed by atoms with Crippen LogP contribution in [-0.4, -0.2) is 55.0 Å². The highest BCUT2D eigenvalue weighted by molar-refractivity contribution is 5.99. The van der Waals surface area contributed by atoms with Gasteiger partial charge in [0.15, 0.2) is 0 Å². The molecule has 0 spiro atoms. The van der Waals surface area contributed by atoms with Gasteiger partial charge in [-0.2, -0.15) is 0 Å². The second-order valence-electron chi connectivity index (χ2n) is 8.39. The fourth-order valence-electron chi connectivity index (χ4n) is 3.82. The van der Waals surface area contributed by atoms with Crippen molar-refractivity contribution < 1.29 is 23.5 Å². The molecule has 3 rings (SSSR count). The topological polar surface area (TPSA) is 72.2 Å². The number of hydrogen-bond acceptors (Lipinski definition) is 5. The molecule has 1 atom stereocenters. The van der Waals surface area contributed by atoms with Crippen molar-refractivity contribution in [3.8, 4) is 11.5 Å². The molecule has 0 saturated carbocycles. The number of carbonyl (C=O) groups excluding carboxylic acids is 2. The zero-order chi connectivity index (χ0) is 25.2. The zero-order valence-electron chi connectivity index (χ0n) is 20.9. The van der Waals surface area contributed by atoms with Gasteiger partial charge < -0.3 is 23.7 Å². The summed E-state index contributed by atoms with van der Waals surface area (Å²) in [7, 11) is 3.07. The summed E-state index contributed by atoms with van der Waals surface area (Å²) < 4.78 is 16.2. The molecule has 0 aliphatic carbocycles. The van der Waals surface area contributed by atoms with E-state index in [4.69, 9.17) is 13.9 Å². The van der Waals surface area contributed by atoms with Crippen molar-refractivity contribution in [1.29, 1.82) is 0 Å². The number of nitrogens with zero attached hydrogens (tertiary/aromatic N) is 2. The second kappa shape index (κ2) is 12.6. The Morgan fingerprint density at radius 2 is 1.77 bits per heavy atom. The summed E-state index contributed by atoms with van der Waals surface area (Å²) >= 11 is 0. The van der Waals surface area contributed by atoms with Gasteiger partial charge in [0.25, 0.3) is 5.91 Å². The molecule has 0 fully saturated rings. The predicted molar refractivity (Wildman–Crippen MR) is 135 cm³/mol. The quantitative estimate of drug-likeness (QED) is 0.374. The maximum absolute atomic E-state index is 13.6. The van der Waals surface area contributed by atoms with Crippen molar-refractivity contribution in [3.05, 3.63) is 83.8 Å². The lowest BCUT2D eigenvalue weighted by atomic mass is 10.1. The maximum Gasteiger partial charge on any atom is 0.258 e. The first-order valence-electron chi connectivity index (χ1n) is 11.8. The monoisotopic (exact) mass is 478 g/mol. The van der Waals surface area contributed by atoms with E-state index >= 15 is 0 Å². The van der Waals surface area contributed by atoms with Crippen LogP contribution in [0.4, 0.5) is 0 Å². The molecule has 0 aliphatic heterocycles. The number of methoxy groups -OCH3 is 2. The Labute approximate surface area is 207 Å². The molecule has 35 heavy (non-hydrogen) atoms. The van der Waals surface area contributed by atoms with Crippen molar-refractivity contribution in [2.75, 3.05) is 27.3 Å². The first kappa shape index (κ1) is 25.9. The lowest BCUT2D eigenvalue weighted by molar-refractivity contribution is -0.133. The minimum absolute atomic E-state index is 0.0431. The molecule has 0 N–H and O–H groups in total. The van der Waals surface area contributed by atoms with Crippen LogP contribution in [-0.2, 0) is 17.8 Å². The predicted octanol–water partition coefficient (Wildman–Crippen LogP) is 4.81. The van der Waals surface area contributed by atoms with Crippen molar-refractivity contribution in [3.63, 3.8) is 0 Å². The number of furan rings is 1. The Morgan fingerprint density at radius 1 is 1.00 bits per heavy atom. The lowest BCUT2D eigenvalue weighted by Gasteiger charge is -2.31. The Hall–Kier alpha value is -3.74. The highest BCUT2D eigenvalue weighted by Gasteiger charge is 2.28. The van der Waals surface area contributed by atoms with E-state index in [2.05, 4.69) is 0 Å². The van der Waals surface area contributed by atoms with Gasteiger partial charge in [-0.1, -0.05) is 37.3 Å². The van der Waals surface area contributed by atoms with Crippen LogP contribution < -0.4 is 9.47 Å². The molecule has 1 heterocycles. The molecular formula is C28H34N2O5. The molecular weight excluding hydrogens is 444 g/mol. The lowest BCUT2D eigenvalue weighted by Crippen LogP contribution is -2.47. The van der Waals surface area contributed by atoms with Crippen LogP contribution in [0.3, 0.4) is 0 Å². The smallest absolute Gasteiger partial charge is 0.258 e. The van der Waals surface area contributed by atoms with Crippen LogP contribution in [0.5, 0.6) is 11.5 Å². The summed E-state index contributed by atoms with van der Waals surface area (Å²) in [6.07, 6.45) is 3.01. The van der Waals surface area contributed by atoms with Crippen LogP contribution in [0.15, 0.2) is 71.3 Å². The fraction of sp³-hybridized carbons (Fsp3) is 0.357. The maximum atomic E-state index is 13.6. The summed E-state index contributed by atoms with van der Waals surface area (Å²) in [6, 6.07) is 18.6. The molecule has 2 aromatic carbocycles. The van der Waals surface area contributed by atoms with E-state index in [0.717, 1.165) is 5.56 Å². The molecule has 7 heteroatoms. The molecule has 186 valence electrons. The van der Waals surface area contributed by atoms with Gasteiger partial charge in [-0.05, 0) is 49.6 Å². The summed E-state index contributed by atoms with van der Waals surface area (Å²) in [4.78, 5) is 30.5. The van der Waals surface area contributed by atoms with E-state index in [1.807, 2.05) is 50.2 Å². The summed E-state index contributed by atoms with van der Waals surface area (Å²) in [6.45, 7) is 4.75. The average Bonchev–Trinajstić information content (AvgIpc) is 3.42. The largest absolute Gasteiger partial charge is 0.497 e. The second-order valence-corrected chi connectivity index (χ2v) is 8.39. The van der Waals surface area contributed by atoms with E-state index in [-0.39, 0.29) is 24.4 Å². The molecule has 1 aromatic heterocycles. The Balaban J connectivity index is 1.82. The summed E-state index contributed by atoms with van der Waals surface area (Å²) in [5.74, 6) is 1.30. The first-order chi connectivity index (χ1) is 17.0. The van der Waals surface area contributed by atoms with E-state index in [1.54, 1.807) is 47.4 Å². The van der Waals surface area contributed by atoms with Crippen LogP contribution in [0.1, 0.15) is 41.9 Å². The Bertz CT molecular complexity index is 1080. The molecule has 3 aromatic rings. The third-order valence-corrected chi connectivity index (χ3v) is 6.12. The third kappa shape index (κ3) is 6.88. The first-order valence-corrected chi connectivity index (χ1v) is 11.8. The highest BCUT2D eigenvalue weighted by Crippen LogP contribution is 2.27. The van der Waals surface area contributed by atoms with Gasteiger partial charge in [-0.3, -0.25) is 9.59 Å². The SMILES string of the molecule is CCC(C)N(CC(=O)N(CCc1ccccc1)Cc1ccco1)C(=O)c1ccc(OC)cc1OC. The van der Waals surface area contributed by atoms with Gasteiger partial charge in [-0.25, -0.2) is 0 Å². The van der Waals surface area contributed by atoms with Gasteiger partial charge in [0.2, 0.25) is 5.91 Å². The molecule has 1 unspecified atom stereocenters. The van der Waals surface area contributed by atoms with E-state index in [1.165, 1.54) is 7.11 Å². The van der Waals surface area contributed by atoms with Crippen molar-refractivity contribution in [2.45, 2.75) is 39.3 Å². The van der Waals surface area contributed by atoms with Gasteiger partial charge in [0, 0.05) is 18.7 Å². The number of hydrogen-bond donors (Lipinski definition) is 0. The van der Waals surface area contributed by atoms with E-state index < -0.39 is 0 Å². The molecule has 0 aliphatic rings. The minimum Gasteiger partial charge on any atom is -0.497 e. The summed E-state index contributed by atoms with van der Waals surface area (Å²) in [5.41, 5.74) is 1.53. The van der Waals surface area contributed by atoms with Gasteiger partial charge in [-0.15, -0.1) is 0 Å². The van der Waals surface area contributed by atoms with Crippen molar-refractivity contribution >= 4 is 11.8 Å². The number of rotatable bonds is 12. The minimum atomic E-state index is -0.256. The van der Waals surface area contributed by atoms with Gasteiger partial charge >= 0.3 is 0 Å². The average molecular weight is 479 g/mol. The van der Waals surface area contributed by atoms with Crippen LogP contribution in [0, 0.1) is 0 Å². The molecule has 2 amide bonds. The van der Waals surface area contributed by atoms with Gasteiger partial charge in [0.1, 0.15) is 23.8 Å². The highest BCUT2D eigenvalue weighted by atomic mass is 16.5.